The first-order valence-corrected chi connectivity index (χ1v) is 4.50. The number of hydrogen-bond acceptors (Lipinski definition) is 1. The maximum atomic E-state index is 5.46. The van der Waals surface area contributed by atoms with Gasteiger partial charge in [-0.15, -0.1) is 12.4 Å². The third-order valence-corrected chi connectivity index (χ3v) is 2.09. The fourth-order valence-electron chi connectivity index (χ4n) is 0.618. The zero-order chi connectivity index (χ0) is 8.48. The van der Waals surface area contributed by atoms with E-state index in [2.05, 4.69) is 4.99 Å². The summed E-state index contributed by atoms with van der Waals surface area (Å²) in [5.41, 5.74) is 5.38. The Balaban J connectivity index is 0.00000121. The van der Waals surface area contributed by atoms with Gasteiger partial charge in [0.15, 0.2) is 0 Å². The van der Waals surface area contributed by atoms with Crippen molar-refractivity contribution < 1.29 is 0 Å². The van der Waals surface area contributed by atoms with Gasteiger partial charge < -0.3 is 5.73 Å². The summed E-state index contributed by atoms with van der Waals surface area (Å²) < 4.78 is -1.53. The Kier molecular flexibility index (Phi) is 5.00. The van der Waals surface area contributed by atoms with Crippen molar-refractivity contribution in [2.45, 2.75) is 16.6 Å². The molecule has 72 valence electrons. The van der Waals surface area contributed by atoms with E-state index in [1.165, 1.54) is 12.8 Å². The van der Waals surface area contributed by atoms with Gasteiger partial charge in [-0.3, -0.25) is 4.99 Å². The number of amidine groups is 1. The lowest BCUT2D eigenvalue weighted by molar-refractivity contribution is 0.844. The summed E-state index contributed by atoms with van der Waals surface area (Å²) in [6, 6.07) is 0. The van der Waals surface area contributed by atoms with Crippen LogP contribution in [0.15, 0.2) is 4.99 Å². The number of rotatable bonds is 2. The van der Waals surface area contributed by atoms with Gasteiger partial charge in [0.2, 0.25) is 3.79 Å². The minimum Gasteiger partial charge on any atom is -0.384 e. The molecule has 0 aromatic heterocycles. The second-order valence-corrected chi connectivity index (χ2v) is 4.95. The van der Waals surface area contributed by atoms with E-state index in [1.807, 2.05) is 0 Å². The Labute approximate surface area is 92.9 Å². The van der Waals surface area contributed by atoms with E-state index in [0.29, 0.717) is 12.5 Å². The zero-order valence-electron chi connectivity index (χ0n) is 6.27. The molecule has 1 aliphatic carbocycles. The molecular weight excluding hydrogens is 242 g/mol. The Morgan fingerprint density at radius 3 is 2.25 bits per heavy atom. The van der Waals surface area contributed by atoms with Crippen molar-refractivity contribution in [3.8, 4) is 0 Å². The van der Waals surface area contributed by atoms with Crippen LogP contribution in [0.25, 0.3) is 0 Å². The molecule has 1 saturated carbocycles. The van der Waals surface area contributed by atoms with Crippen molar-refractivity contribution in [3.05, 3.63) is 0 Å². The third-order valence-electron chi connectivity index (χ3n) is 1.51. The highest BCUT2D eigenvalue weighted by Gasteiger charge is 2.27. The molecule has 0 spiro atoms. The van der Waals surface area contributed by atoms with Crippen LogP contribution >= 0.6 is 47.2 Å². The average Bonchev–Trinajstić information content (AvgIpc) is 2.62. The molecule has 1 fully saturated rings. The van der Waals surface area contributed by atoms with E-state index in [1.54, 1.807) is 0 Å². The molecule has 0 aromatic rings. The lowest BCUT2D eigenvalue weighted by Crippen LogP contribution is -2.28. The number of nitrogens with zero attached hydrogens (tertiary/aromatic N) is 1. The second kappa shape index (κ2) is 4.75. The van der Waals surface area contributed by atoms with Gasteiger partial charge in [0.05, 0.1) is 0 Å². The van der Waals surface area contributed by atoms with Gasteiger partial charge >= 0.3 is 0 Å². The van der Waals surface area contributed by atoms with Gasteiger partial charge in [-0.25, -0.2) is 0 Å². The highest BCUT2D eigenvalue weighted by Crippen LogP contribution is 2.30. The summed E-state index contributed by atoms with van der Waals surface area (Å²) in [4.78, 5) is 3.96. The van der Waals surface area contributed by atoms with Crippen LogP contribution in [-0.2, 0) is 0 Å². The van der Waals surface area contributed by atoms with Crippen molar-refractivity contribution in [1.29, 1.82) is 0 Å². The first-order valence-electron chi connectivity index (χ1n) is 3.37. The van der Waals surface area contributed by atoms with E-state index < -0.39 is 3.79 Å². The van der Waals surface area contributed by atoms with Gasteiger partial charge in [0.25, 0.3) is 0 Å². The SMILES string of the molecule is Cl.NC(=NCC1CC1)C(Cl)(Cl)Cl. The van der Waals surface area contributed by atoms with Crippen LogP contribution in [0, 0.1) is 5.92 Å². The summed E-state index contributed by atoms with van der Waals surface area (Å²) >= 11 is 16.4. The van der Waals surface area contributed by atoms with Crippen LogP contribution < -0.4 is 5.73 Å². The quantitative estimate of drug-likeness (QED) is 0.457. The fraction of sp³-hybridized carbons (Fsp3) is 0.833. The van der Waals surface area contributed by atoms with Crippen molar-refractivity contribution in [1.82, 2.24) is 0 Å². The molecule has 12 heavy (non-hydrogen) atoms. The average molecular weight is 252 g/mol. The van der Waals surface area contributed by atoms with Gasteiger partial charge in [-0.1, -0.05) is 34.8 Å². The van der Waals surface area contributed by atoms with Gasteiger partial charge in [-0.05, 0) is 18.8 Å². The summed E-state index contributed by atoms with van der Waals surface area (Å²) in [5.74, 6) is 0.760. The molecular formula is C6H10Cl4N2. The maximum Gasteiger partial charge on any atom is 0.247 e. The molecule has 0 unspecified atom stereocenters. The van der Waals surface area contributed by atoms with Crippen molar-refractivity contribution in [3.63, 3.8) is 0 Å². The molecule has 0 aliphatic heterocycles. The highest BCUT2D eigenvalue weighted by molar-refractivity contribution is 6.76. The minimum atomic E-state index is -1.53. The number of hydrogen-bond donors (Lipinski definition) is 1. The van der Waals surface area contributed by atoms with Crippen molar-refractivity contribution in [2.75, 3.05) is 6.54 Å². The van der Waals surface area contributed by atoms with E-state index in [4.69, 9.17) is 40.5 Å². The largest absolute Gasteiger partial charge is 0.384 e. The summed E-state index contributed by atoms with van der Waals surface area (Å²) in [5, 5.41) is 0. The van der Waals surface area contributed by atoms with E-state index in [0.717, 1.165) is 0 Å². The molecule has 0 saturated heterocycles. The van der Waals surface area contributed by atoms with Gasteiger partial charge in [0.1, 0.15) is 5.84 Å². The van der Waals surface area contributed by atoms with Crippen LogP contribution in [0.2, 0.25) is 0 Å². The summed E-state index contributed by atoms with van der Waals surface area (Å²) in [6.45, 7) is 0.694. The first kappa shape index (κ1) is 12.6. The van der Waals surface area contributed by atoms with Crippen LogP contribution in [0.3, 0.4) is 0 Å². The molecule has 1 rings (SSSR count). The maximum absolute atomic E-state index is 5.46. The number of aliphatic imine (C=N–C) groups is 1. The third kappa shape index (κ3) is 4.61. The fourth-order valence-corrected chi connectivity index (χ4v) is 0.797. The lowest BCUT2D eigenvalue weighted by Gasteiger charge is -2.08. The Hall–Kier alpha value is 0.630. The number of nitrogens with two attached hydrogens (primary N) is 1. The van der Waals surface area contributed by atoms with Crippen LogP contribution in [0.5, 0.6) is 0 Å². The van der Waals surface area contributed by atoms with E-state index >= 15 is 0 Å². The first-order chi connectivity index (χ1) is 5.00. The monoisotopic (exact) mass is 250 g/mol. The van der Waals surface area contributed by atoms with Crippen LogP contribution in [0.4, 0.5) is 0 Å². The smallest absolute Gasteiger partial charge is 0.247 e. The van der Waals surface area contributed by atoms with Gasteiger partial charge in [0, 0.05) is 6.54 Å². The van der Waals surface area contributed by atoms with E-state index in [9.17, 15) is 0 Å². The topological polar surface area (TPSA) is 38.4 Å². The standard InChI is InChI=1S/C6H9Cl3N2.ClH/c7-6(8,9)5(10)11-3-4-1-2-4;/h4H,1-3H2,(H2,10,11);1H. The zero-order valence-corrected chi connectivity index (χ0v) is 9.35. The predicted molar refractivity (Wildman–Crippen MR) is 56.8 cm³/mol. The molecule has 2 N–H and O–H groups in total. The molecule has 2 nitrogen and oxygen atoms in total. The molecule has 1 aliphatic rings. The molecule has 0 bridgehead atoms. The van der Waals surface area contributed by atoms with Crippen LogP contribution in [-0.4, -0.2) is 16.2 Å². The van der Waals surface area contributed by atoms with Gasteiger partial charge in [-0.2, -0.15) is 0 Å². The molecule has 0 amide bonds. The molecule has 0 aromatic carbocycles. The molecule has 0 heterocycles. The minimum absolute atomic E-state index is 0. The summed E-state index contributed by atoms with van der Waals surface area (Å²) in [6.07, 6.45) is 2.44. The summed E-state index contributed by atoms with van der Waals surface area (Å²) in [7, 11) is 0. The van der Waals surface area contributed by atoms with Crippen molar-refractivity contribution in [2.24, 2.45) is 16.6 Å². The normalized spacial score (nSPS) is 18.8. The Bertz CT molecular complexity index is 171. The Morgan fingerprint density at radius 2 is 1.92 bits per heavy atom. The number of alkyl halides is 3. The Morgan fingerprint density at radius 1 is 1.42 bits per heavy atom. The molecule has 0 atom stereocenters. The lowest BCUT2D eigenvalue weighted by atomic mass is 10.4. The second-order valence-electron chi connectivity index (χ2n) is 2.67. The molecule has 6 heteroatoms. The number of halogens is 4. The van der Waals surface area contributed by atoms with E-state index in [-0.39, 0.29) is 18.2 Å². The van der Waals surface area contributed by atoms with Crippen LogP contribution in [0.1, 0.15) is 12.8 Å². The predicted octanol–water partition coefficient (Wildman–Crippen LogP) is 2.55. The molecule has 0 radical (unpaired) electrons. The highest BCUT2D eigenvalue weighted by atomic mass is 35.6. The van der Waals surface area contributed by atoms with Crippen molar-refractivity contribution >= 4 is 53.0 Å².